The van der Waals surface area contributed by atoms with Crippen molar-refractivity contribution in [1.82, 2.24) is 10.2 Å². The number of hydrogen-bond acceptors (Lipinski definition) is 2. The zero-order valence-electron chi connectivity index (χ0n) is 10.5. The maximum absolute atomic E-state index is 12.4. The van der Waals surface area contributed by atoms with E-state index < -0.39 is 0 Å². The highest BCUT2D eigenvalue weighted by Crippen LogP contribution is 2.26. The van der Waals surface area contributed by atoms with Gasteiger partial charge in [0, 0.05) is 31.1 Å². The lowest BCUT2D eigenvalue weighted by Crippen LogP contribution is -2.58. The van der Waals surface area contributed by atoms with Gasteiger partial charge in [0.2, 0.25) is 5.91 Å². The summed E-state index contributed by atoms with van der Waals surface area (Å²) < 4.78 is 0. The van der Waals surface area contributed by atoms with Crippen LogP contribution in [0.3, 0.4) is 0 Å². The second kappa shape index (κ2) is 5.17. The Morgan fingerprint density at radius 2 is 1.88 bits per heavy atom. The average molecular weight is 224 g/mol. The molecule has 0 bridgehead atoms. The van der Waals surface area contributed by atoms with Crippen LogP contribution in [0, 0.1) is 5.92 Å². The third kappa shape index (κ3) is 2.40. The van der Waals surface area contributed by atoms with Crippen molar-refractivity contribution in [3.8, 4) is 0 Å². The molecular weight excluding hydrogens is 200 g/mol. The first-order valence-corrected chi connectivity index (χ1v) is 6.74. The number of carbonyl (C=O) groups is 1. The lowest BCUT2D eigenvalue weighted by molar-refractivity contribution is -0.140. The molecule has 1 N–H and O–H groups in total. The molecule has 16 heavy (non-hydrogen) atoms. The van der Waals surface area contributed by atoms with E-state index in [0.717, 1.165) is 25.9 Å². The first kappa shape index (κ1) is 11.9. The van der Waals surface area contributed by atoms with Gasteiger partial charge in [0.05, 0.1) is 0 Å². The van der Waals surface area contributed by atoms with Crippen LogP contribution in [0.5, 0.6) is 0 Å². The van der Waals surface area contributed by atoms with E-state index in [1.165, 1.54) is 19.3 Å². The fourth-order valence-electron chi connectivity index (χ4n) is 2.95. The summed E-state index contributed by atoms with van der Waals surface area (Å²) in [7, 11) is 0. The molecular formula is C13H24N2O. The Kier molecular flexibility index (Phi) is 3.85. The van der Waals surface area contributed by atoms with E-state index in [9.17, 15) is 4.79 Å². The number of rotatable bonds is 1. The predicted octanol–water partition coefficient (Wildman–Crippen LogP) is 1.78. The molecule has 0 spiro atoms. The van der Waals surface area contributed by atoms with Gasteiger partial charge in [-0.15, -0.1) is 0 Å². The summed E-state index contributed by atoms with van der Waals surface area (Å²) in [4.78, 5) is 14.5. The van der Waals surface area contributed by atoms with Crippen LogP contribution in [0.4, 0.5) is 0 Å². The Bertz CT molecular complexity index is 248. The molecule has 0 aromatic carbocycles. The zero-order chi connectivity index (χ0) is 11.5. The summed E-state index contributed by atoms with van der Waals surface area (Å²) in [5, 5.41) is 3.43. The minimum Gasteiger partial charge on any atom is -0.337 e. The highest BCUT2D eigenvalue weighted by Gasteiger charge is 2.32. The molecule has 1 saturated heterocycles. The molecule has 3 heteroatoms. The van der Waals surface area contributed by atoms with Crippen LogP contribution >= 0.6 is 0 Å². The van der Waals surface area contributed by atoms with Gasteiger partial charge in [0.1, 0.15) is 0 Å². The van der Waals surface area contributed by atoms with E-state index in [1.54, 1.807) is 0 Å². The number of hydrogen-bond donors (Lipinski definition) is 1. The van der Waals surface area contributed by atoms with Gasteiger partial charge in [-0.3, -0.25) is 4.79 Å². The molecule has 1 aliphatic heterocycles. The minimum absolute atomic E-state index is 0.321. The second-order valence-corrected chi connectivity index (χ2v) is 5.35. The zero-order valence-corrected chi connectivity index (χ0v) is 10.5. The molecule has 1 amide bonds. The molecule has 2 aliphatic rings. The third-order valence-corrected chi connectivity index (χ3v) is 4.27. The molecule has 1 aliphatic carbocycles. The van der Waals surface area contributed by atoms with E-state index in [-0.39, 0.29) is 0 Å². The van der Waals surface area contributed by atoms with Gasteiger partial charge in [0.25, 0.3) is 0 Å². The molecule has 1 heterocycles. The smallest absolute Gasteiger partial charge is 0.226 e. The van der Waals surface area contributed by atoms with Gasteiger partial charge < -0.3 is 10.2 Å². The first-order chi connectivity index (χ1) is 7.70. The molecule has 2 unspecified atom stereocenters. The number of nitrogens with zero attached hydrogens (tertiary/aromatic N) is 1. The van der Waals surface area contributed by atoms with Crippen molar-refractivity contribution in [3.05, 3.63) is 0 Å². The van der Waals surface area contributed by atoms with E-state index in [2.05, 4.69) is 24.1 Å². The summed E-state index contributed by atoms with van der Waals surface area (Å²) in [6.07, 6.45) is 6.03. The number of nitrogens with one attached hydrogen (secondary N) is 1. The number of carbonyl (C=O) groups excluding carboxylic acids is 1. The van der Waals surface area contributed by atoms with Gasteiger partial charge in [-0.25, -0.2) is 0 Å². The van der Waals surface area contributed by atoms with Crippen LogP contribution in [0.15, 0.2) is 0 Å². The van der Waals surface area contributed by atoms with Crippen molar-refractivity contribution in [3.63, 3.8) is 0 Å². The van der Waals surface area contributed by atoms with E-state index in [0.29, 0.717) is 23.9 Å². The lowest BCUT2D eigenvalue weighted by Gasteiger charge is -2.40. The van der Waals surface area contributed by atoms with Crippen molar-refractivity contribution >= 4 is 5.91 Å². The molecule has 1 saturated carbocycles. The van der Waals surface area contributed by atoms with Crippen molar-refractivity contribution < 1.29 is 4.79 Å². The third-order valence-electron chi connectivity index (χ3n) is 4.27. The van der Waals surface area contributed by atoms with Gasteiger partial charge in [-0.1, -0.05) is 19.3 Å². The molecule has 0 aromatic rings. The molecule has 0 aromatic heterocycles. The fourth-order valence-corrected chi connectivity index (χ4v) is 2.95. The standard InChI is InChI=1S/C13H24N2O/c1-10-11(2)15(9-8-14-10)13(16)12-6-4-3-5-7-12/h10-12,14H,3-9H2,1-2H3. The molecule has 2 rings (SSSR count). The van der Waals surface area contributed by atoms with E-state index >= 15 is 0 Å². The van der Waals surface area contributed by atoms with E-state index in [1.807, 2.05) is 0 Å². The summed E-state index contributed by atoms with van der Waals surface area (Å²) in [6.45, 7) is 6.17. The van der Waals surface area contributed by atoms with Crippen LogP contribution in [-0.4, -0.2) is 36.0 Å². The van der Waals surface area contributed by atoms with Gasteiger partial charge in [0.15, 0.2) is 0 Å². The van der Waals surface area contributed by atoms with Crippen LogP contribution in [-0.2, 0) is 4.79 Å². The van der Waals surface area contributed by atoms with Crippen molar-refractivity contribution in [2.24, 2.45) is 5.92 Å². The predicted molar refractivity (Wildman–Crippen MR) is 65.2 cm³/mol. The molecule has 2 atom stereocenters. The monoisotopic (exact) mass is 224 g/mol. The molecule has 3 nitrogen and oxygen atoms in total. The highest BCUT2D eigenvalue weighted by molar-refractivity contribution is 5.79. The van der Waals surface area contributed by atoms with Crippen molar-refractivity contribution in [1.29, 1.82) is 0 Å². The van der Waals surface area contributed by atoms with Crippen molar-refractivity contribution in [2.75, 3.05) is 13.1 Å². The normalized spacial score (nSPS) is 32.8. The van der Waals surface area contributed by atoms with Crippen LogP contribution in [0.2, 0.25) is 0 Å². The van der Waals surface area contributed by atoms with Gasteiger partial charge in [-0.2, -0.15) is 0 Å². The topological polar surface area (TPSA) is 32.3 Å². The maximum atomic E-state index is 12.4. The average Bonchev–Trinajstić information content (AvgIpc) is 2.33. The van der Waals surface area contributed by atoms with Gasteiger partial charge >= 0.3 is 0 Å². The SMILES string of the molecule is CC1NCCN(C(=O)C2CCCCC2)C1C. The number of piperazine rings is 1. The Morgan fingerprint density at radius 3 is 2.56 bits per heavy atom. The largest absolute Gasteiger partial charge is 0.337 e. The molecule has 2 fully saturated rings. The van der Waals surface area contributed by atoms with Crippen LogP contribution in [0.25, 0.3) is 0 Å². The summed E-state index contributed by atoms with van der Waals surface area (Å²) in [5.41, 5.74) is 0. The lowest BCUT2D eigenvalue weighted by atomic mass is 9.87. The van der Waals surface area contributed by atoms with Crippen LogP contribution in [0.1, 0.15) is 46.0 Å². The second-order valence-electron chi connectivity index (χ2n) is 5.35. The summed E-state index contributed by atoms with van der Waals surface area (Å²) in [5.74, 6) is 0.738. The maximum Gasteiger partial charge on any atom is 0.226 e. The van der Waals surface area contributed by atoms with Crippen molar-refractivity contribution in [2.45, 2.75) is 58.0 Å². The highest BCUT2D eigenvalue weighted by atomic mass is 16.2. The minimum atomic E-state index is 0.321. The van der Waals surface area contributed by atoms with E-state index in [4.69, 9.17) is 0 Å². The Labute approximate surface area is 98.6 Å². The number of amides is 1. The Morgan fingerprint density at radius 1 is 1.19 bits per heavy atom. The summed E-state index contributed by atoms with van der Waals surface area (Å²) in [6, 6.07) is 0.782. The molecule has 0 radical (unpaired) electrons. The first-order valence-electron chi connectivity index (χ1n) is 6.74. The fraction of sp³-hybridized carbons (Fsp3) is 0.923. The van der Waals surface area contributed by atoms with Crippen LogP contribution < -0.4 is 5.32 Å². The Hall–Kier alpha value is -0.570. The van der Waals surface area contributed by atoms with Gasteiger partial charge in [-0.05, 0) is 26.7 Å². The molecule has 92 valence electrons. The quantitative estimate of drug-likeness (QED) is 0.736. The Balaban J connectivity index is 1.96. The summed E-state index contributed by atoms with van der Waals surface area (Å²) >= 11 is 0.